The normalized spacial score (nSPS) is 11.6. The first-order valence-electron chi connectivity index (χ1n) is 4.89. The fourth-order valence-electron chi connectivity index (χ4n) is 1.34. The second kappa shape index (κ2) is 6.14. The Hall–Kier alpha value is -1.53. The molecule has 1 aromatic carbocycles. The number of ether oxygens (including phenoxy) is 1. The molecule has 3 nitrogen and oxygen atoms in total. The average molecular weight is 238 g/mol. The van der Waals surface area contributed by atoms with Gasteiger partial charge in [0.15, 0.2) is 0 Å². The molecule has 0 saturated carbocycles. The van der Waals surface area contributed by atoms with E-state index in [4.69, 9.17) is 21.6 Å². The molecule has 84 valence electrons. The summed E-state index contributed by atoms with van der Waals surface area (Å²) in [6, 6.07) is 9.28. The summed E-state index contributed by atoms with van der Waals surface area (Å²) in [5.41, 5.74) is 0.951. The summed E-state index contributed by atoms with van der Waals surface area (Å²) >= 11 is 5.77. The van der Waals surface area contributed by atoms with Gasteiger partial charge in [-0.1, -0.05) is 23.7 Å². The first kappa shape index (κ1) is 12.5. The molecule has 16 heavy (non-hydrogen) atoms. The summed E-state index contributed by atoms with van der Waals surface area (Å²) < 4.78 is 4.92. The van der Waals surface area contributed by atoms with Crippen molar-refractivity contribution in [1.82, 2.24) is 0 Å². The molecule has 0 bridgehead atoms. The van der Waals surface area contributed by atoms with E-state index in [9.17, 15) is 4.79 Å². The smallest absolute Gasteiger partial charge is 0.302 e. The van der Waals surface area contributed by atoms with Crippen molar-refractivity contribution >= 4 is 17.6 Å². The average Bonchev–Trinajstić information content (AvgIpc) is 2.25. The van der Waals surface area contributed by atoms with Gasteiger partial charge in [0.1, 0.15) is 0 Å². The highest BCUT2D eigenvalue weighted by molar-refractivity contribution is 6.30. The number of nitriles is 1. The standard InChI is InChI=1S/C12H12ClNO2/c1-9(15)16-8-11(6-7-14)10-2-4-12(13)5-3-10/h2-5,11H,6,8H2,1H3. The molecule has 1 unspecified atom stereocenters. The molecule has 0 heterocycles. The number of nitrogens with zero attached hydrogens (tertiary/aromatic N) is 1. The molecule has 1 atom stereocenters. The highest BCUT2D eigenvalue weighted by atomic mass is 35.5. The highest BCUT2D eigenvalue weighted by Crippen LogP contribution is 2.21. The summed E-state index contributed by atoms with van der Waals surface area (Å²) in [6.45, 7) is 1.58. The van der Waals surface area contributed by atoms with E-state index in [-0.39, 0.29) is 18.5 Å². The minimum absolute atomic E-state index is 0.0915. The van der Waals surface area contributed by atoms with Crippen molar-refractivity contribution in [2.45, 2.75) is 19.3 Å². The van der Waals surface area contributed by atoms with Crippen molar-refractivity contribution in [1.29, 1.82) is 5.26 Å². The lowest BCUT2D eigenvalue weighted by Crippen LogP contribution is -2.10. The SMILES string of the molecule is CC(=O)OCC(CC#N)c1ccc(Cl)cc1. The molecule has 0 N–H and O–H groups in total. The molecule has 0 aliphatic heterocycles. The van der Waals surface area contributed by atoms with Gasteiger partial charge in [0.2, 0.25) is 0 Å². The van der Waals surface area contributed by atoms with Crippen LogP contribution in [0, 0.1) is 11.3 Å². The fourth-order valence-corrected chi connectivity index (χ4v) is 1.46. The molecular weight excluding hydrogens is 226 g/mol. The van der Waals surface area contributed by atoms with Crippen LogP contribution in [0.3, 0.4) is 0 Å². The summed E-state index contributed by atoms with van der Waals surface area (Å²) in [6.07, 6.45) is 0.314. The minimum atomic E-state index is -0.336. The van der Waals surface area contributed by atoms with E-state index in [1.807, 2.05) is 12.1 Å². The summed E-state index contributed by atoms with van der Waals surface area (Å²) in [5, 5.41) is 9.35. The van der Waals surface area contributed by atoms with Gasteiger partial charge >= 0.3 is 5.97 Å². The Morgan fingerprint density at radius 3 is 2.62 bits per heavy atom. The van der Waals surface area contributed by atoms with Gasteiger partial charge in [-0.25, -0.2) is 0 Å². The maximum Gasteiger partial charge on any atom is 0.302 e. The first-order chi connectivity index (χ1) is 7.63. The molecule has 1 rings (SSSR count). The maximum atomic E-state index is 10.7. The molecule has 4 heteroatoms. The Bertz CT molecular complexity index is 394. The molecule has 0 saturated heterocycles. The van der Waals surface area contributed by atoms with Crippen molar-refractivity contribution in [3.8, 4) is 6.07 Å². The van der Waals surface area contributed by atoms with Gasteiger partial charge < -0.3 is 4.74 Å². The number of carbonyl (C=O) groups excluding carboxylic acids is 1. The second-order valence-corrected chi connectivity index (χ2v) is 3.85. The monoisotopic (exact) mass is 237 g/mol. The molecule has 0 aromatic heterocycles. The highest BCUT2D eigenvalue weighted by Gasteiger charge is 2.12. The van der Waals surface area contributed by atoms with E-state index < -0.39 is 0 Å². The number of carbonyl (C=O) groups is 1. The van der Waals surface area contributed by atoms with Gasteiger partial charge in [-0.15, -0.1) is 0 Å². The first-order valence-corrected chi connectivity index (χ1v) is 5.27. The molecule has 0 amide bonds. The van der Waals surface area contributed by atoms with Gasteiger partial charge in [0, 0.05) is 24.3 Å². The Kier molecular flexibility index (Phi) is 4.81. The van der Waals surface area contributed by atoms with Crippen LogP contribution in [0.2, 0.25) is 5.02 Å². The lowest BCUT2D eigenvalue weighted by Gasteiger charge is -2.13. The van der Waals surface area contributed by atoms with Crippen LogP contribution in [0.15, 0.2) is 24.3 Å². The van der Waals surface area contributed by atoms with E-state index in [0.717, 1.165) is 5.56 Å². The molecule has 0 aliphatic carbocycles. The lowest BCUT2D eigenvalue weighted by atomic mass is 9.97. The minimum Gasteiger partial charge on any atom is -0.465 e. The van der Waals surface area contributed by atoms with Crippen LogP contribution in [0.1, 0.15) is 24.8 Å². The summed E-state index contributed by atoms with van der Waals surface area (Å²) in [7, 11) is 0. The van der Waals surface area contributed by atoms with Crippen LogP contribution in [-0.2, 0) is 9.53 Å². The van der Waals surface area contributed by atoms with Crippen molar-refractivity contribution in [2.24, 2.45) is 0 Å². The number of esters is 1. The quantitative estimate of drug-likeness (QED) is 0.757. The predicted octanol–water partition coefficient (Wildman–Crippen LogP) is 2.90. The Labute approximate surface area is 99.6 Å². The Balaban J connectivity index is 2.73. The lowest BCUT2D eigenvalue weighted by molar-refractivity contribution is -0.141. The zero-order valence-electron chi connectivity index (χ0n) is 8.94. The van der Waals surface area contributed by atoms with Crippen molar-refractivity contribution in [2.75, 3.05) is 6.61 Å². The van der Waals surface area contributed by atoms with Crippen LogP contribution >= 0.6 is 11.6 Å². The van der Waals surface area contributed by atoms with E-state index in [0.29, 0.717) is 11.4 Å². The molecule has 0 radical (unpaired) electrons. The number of benzene rings is 1. The third-order valence-corrected chi connectivity index (χ3v) is 2.42. The van der Waals surface area contributed by atoms with Crippen LogP contribution in [0.5, 0.6) is 0 Å². The van der Waals surface area contributed by atoms with Gasteiger partial charge in [0.05, 0.1) is 12.7 Å². The third-order valence-electron chi connectivity index (χ3n) is 2.17. The zero-order chi connectivity index (χ0) is 12.0. The Morgan fingerprint density at radius 2 is 2.12 bits per heavy atom. The van der Waals surface area contributed by atoms with Crippen molar-refractivity contribution < 1.29 is 9.53 Å². The molecule has 0 fully saturated rings. The van der Waals surface area contributed by atoms with E-state index >= 15 is 0 Å². The fraction of sp³-hybridized carbons (Fsp3) is 0.333. The second-order valence-electron chi connectivity index (χ2n) is 3.41. The molecular formula is C12H12ClNO2. The number of hydrogen-bond donors (Lipinski definition) is 0. The zero-order valence-corrected chi connectivity index (χ0v) is 9.70. The predicted molar refractivity (Wildman–Crippen MR) is 61.1 cm³/mol. The van der Waals surface area contributed by atoms with Gasteiger partial charge in [-0.3, -0.25) is 4.79 Å². The van der Waals surface area contributed by atoms with E-state index in [1.54, 1.807) is 12.1 Å². The van der Waals surface area contributed by atoms with Crippen LogP contribution in [0.25, 0.3) is 0 Å². The number of rotatable bonds is 4. The number of hydrogen-bond acceptors (Lipinski definition) is 3. The van der Waals surface area contributed by atoms with Gasteiger partial charge in [-0.2, -0.15) is 5.26 Å². The summed E-state index contributed by atoms with van der Waals surface area (Å²) in [4.78, 5) is 10.7. The maximum absolute atomic E-state index is 10.7. The van der Waals surface area contributed by atoms with Gasteiger partial charge in [0.25, 0.3) is 0 Å². The Morgan fingerprint density at radius 1 is 1.50 bits per heavy atom. The van der Waals surface area contributed by atoms with E-state index in [2.05, 4.69) is 6.07 Å². The van der Waals surface area contributed by atoms with Crippen LogP contribution in [-0.4, -0.2) is 12.6 Å². The van der Waals surface area contributed by atoms with Crippen molar-refractivity contribution in [3.63, 3.8) is 0 Å². The van der Waals surface area contributed by atoms with Crippen LogP contribution < -0.4 is 0 Å². The van der Waals surface area contributed by atoms with E-state index in [1.165, 1.54) is 6.92 Å². The topological polar surface area (TPSA) is 50.1 Å². The largest absolute Gasteiger partial charge is 0.465 e. The van der Waals surface area contributed by atoms with Crippen LogP contribution in [0.4, 0.5) is 0 Å². The van der Waals surface area contributed by atoms with Gasteiger partial charge in [-0.05, 0) is 17.7 Å². The number of halogens is 1. The molecule has 1 aromatic rings. The third kappa shape index (κ3) is 3.92. The summed E-state index contributed by atoms with van der Waals surface area (Å²) in [5.74, 6) is -0.428. The molecule has 0 spiro atoms. The van der Waals surface area contributed by atoms with Crippen molar-refractivity contribution in [3.05, 3.63) is 34.9 Å². The molecule has 0 aliphatic rings.